The Kier molecular flexibility index (Phi) is 3.97. The average molecular weight is 277 g/mol. The Labute approximate surface area is 114 Å². The fourth-order valence-corrected chi connectivity index (χ4v) is 1.75. The van der Waals surface area contributed by atoms with Gasteiger partial charge in [-0.25, -0.2) is 0 Å². The van der Waals surface area contributed by atoms with E-state index in [-0.39, 0.29) is 17.8 Å². The monoisotopic (exact) mass is 277 g/mol. The zero-order chi connectivity index (χ0) is 14.7. The van der Waals surface area contributed by atoms with E-state index in [1.165, 1.54) is 4.57 Å². The van der Waals surface area contributed by atoms with Gasteiger partial charge in [0.25, 0.3) is 5.56 Å². The highest BCUT2D eigenvalue weighted by Gasteiger charge is 2.13. The second-order valence-corrected chi connectivity index (χ2v) is 4.51. The van der Waals surface area contributed by atoms with Crippen molar-refractivity contribution in [1.82, 2.24) is 14.7 Å². The second-order valence-electron chi connectivity index (χ2n) is 4.51. The third kappa shape index (κ3) is 2.93. The summed E-state index contributed by atoms with van der Waals surface area (Å²) in [5.74, 6) is -0.294. The second kappa shape index (κ2) is 5.68. The first-order chi connectivity index (χ1) is 9.49. The van der Waals surface area contributed by atoms with Crippen LogP contribution in [0.4, 0.5) is 0 Å². The predicted octanol–water partition coefficient (Wildman–Crippen LogP) is 1.15. The highest BCUT2D eigenvalue weighted by atomic mass is 16.5. The van der Waals surface area contributed by atoms with Crippen molar-refractivity contribution in [2.24, 2.45) is 7.05 Å². The number of hydrogen-bond acceptors (Lipinski definition) is 5. The average Bonchev–Trinajstić information content (AvgIpc) is 2.84. The largest absolute Gasteiger partial charge is 0.481 e. The third-order valence-electron chi connectivity index (χ3n) is 3.05. The van der Waals surface area contributed by atoms with E-state index in [0.29, 0.717) is 24.3 Å². The Morgan fingerprint density at radius 3 is 2.90 bits per heavy atom. The number of pyridine rings is 1. The van der Waals surface area contributed by atoms with Crippen molar-refractivity contribution in [1.29, 1.82) is 0 Å². The van der Waals surface area contributed by atoms with Gasteiger partial charge in [-0.05, 0) is 25.5 Å². The summed E-state index contributed by atoms with van der Waals surface area (Å²) in [7, 11) is 1.68. The molecule has 7 heteroatoms. The lowest BCUT2D eigenvalue weighted by Crippen LogP contribution is -2.20. The van der Waals surface area contributed by atoms with Gasteiger partial charge in [-0.15, -0.1) is 0 Å². The Morgan fingerprint density at radius 1 is 1.45 bits per heavy atom. The maximum atomic E-state index is 12.1. The quantitative estimate of drug-likeness (QED) is 0.880. The zero-order valence-electron chi connectivity index (χ0n) is 11.3. The number of nitrogens with zero attached hydrogens (tertiary/aromatic N) is 3. The Morgan fingerprint density at radius 2 is 2.20 bits per heavy atom. The summed E-state index contributed by atoms with van der Waals surface area (Å²) in [5, 5.41) is 12.3. The molecule has 0 unspecified atom stereocenters. The van der Waals surface area contributed by atoms with Crippen molar-refractivity contribution in [3.05, 3.63) is 34.1 Å². The van der Waals surface area contributed by atoms with Crippen LogP contribution in [0, 0.1) is 6.92 Å². The molecule has 2 rings (SSSR count). The Bertz CT molecular complexity index is 687. The van der Waals surface area contributed by atoms with Crippen molar-refractivity contribution < 1.29 is 14.4 Å². The van der Waals surface area contributed by atoms with Crippen molar-refractivity contribution >= 4 is 5.97 Å². The lowest BCUT2D eigenvalue weighted by atomic mass is 10.2. The third-order valence-corrected chi connectivity index (χ3v) is 3.05. The van der Waals surface area contributed by atoms with Gasteiger partial charge in [0.1, 0.15) is 0 Å². The summed E-state index contributed by atoms with van der Waals surface area (Å²) >= 11 is 0. The van der Waals surface area contributed by atoms with E-state index >= 15 is 0 Å². The standard InChI is InChI=1S/C13H15N3O4/c1-8-6-7-9(13(19)16(8)2)12-14-10(20-15-12)4-3-5-11(17)18/h6-7H,3-5H2,1-2H3,(H,17,18). The number of aryl methyl sites for hydroxylation is 2. The van der Waals surface area contributed by atoms with Gasteiger partial charge in [0.05, 0.1) is 5.56 Å². The van der Waals surface area contributed by atoms with E-state index in [1.807, 2.05) is 6.92 Å². The summed E-state index contributed by atoms with van der Waals surface area (Å²) in [6, 6.07) is 3.46. The fourth-order valence-electron chi connectivity index (χ4n) is 1.75. The first kappa shape index (κ1) is 14.0. The topological polar surface area (TPSA) is 98.2 Å². The molecule has 0 bridgehead atoms. The molecule has 0 aliphatic carbocycles. The van der Waals surface area contributed by atoms with E-state index in [0.717, 1.165) is 5.69 Å². The van der Waals surface area contributed by atoms with Gasteiger partial charge in [0, 0.05) is 25.6 Å². The van der Waals surface area contributed by atoms with Crippen LogP contribution in [0.5, 0.6) is 0 Å². The smallest absolute Gasteiger partial charge is 0.303 e. The van der Waals surface area contributed by atoms with Gasteiger partial charge in [0.15, 0.2) is 0 Å². The van der Waals surface area contributed by atoms with Gasteiger partial charge >= 0.3 is 5.97 Å². The van der Waals surface area contributed by atoms with Crippen LogP contribution in [-0.2, 0) is 18.3 Å². The molecule has 0 aliphatic rings. The number of aliphatic carboxylic acids is 1. The molecule has 2 heterocycles. The molecule has 0 atom stereocenters. The minimum atomic E-state index is -0.864. The van der Waals surface area contributed by atoms with Crippen molar-refractivity contribution in [3.8, 4) is 11.4 Å². The van der Waals surface area contributed by atoms with E-state index in [2.05, 4.69) is 10.1 Å². The normalized spacial score (nSPS) is 10.7. The molecule has 2 aromatic heterocycles. The number of carboxylic acids is 1. The van der Waals surface area contributed by atoms with E-state index < -0.39 is 5.97 Å². The van der Waals surface area contributed by atoms with Gasteiger partial charge < -0.3 is 14.2 Å². The van der Waals surface area contributed by atoms with Crippen LogP contribution in [0.25, 0.3) is 11.4 Å². The van der Waals surface area contributed by atoms with Crippen LogP contribution < -0.4 is 5.56 Å². The summed E-state index contributed by atoms with van der Waals surface area (Å²) in [6.45, 7) is 1.83. The number of hydrogen-bond donors (Lipinski definition) is 1. The Balaban J connectivity index is 2.19. The van der Waals surface area contributed by atoms with E-state index in [4.69, 9.17) is 9.63 Å². The summed E-state index contributed by atoms with van der Waals surface area (Å²) in [4.78, 5) is 26.6. The highest BCUT2D eigenvalue weighted by molar-refractivity contribution is 5.66. The lowest BCUT2D eigenvalue weighted by molar-refractivity contribution is -0.137. The molecule has 0 aromatic carbocycles. The zero-order valence-corrected chi connectivity index (χ0v) is 11.3. The minimum Gasteiger partial charge on any atom is -0.481 e. The predicted molar refractivity (Wildman–Crippen MR) is 70.3 cm³/mol. The summed E-state index contributed by atoms with van der Waals surface area (Å²) < 4.78 is 6.53. The van der Waals surface area contributed by atoms with Crippen molar-refractivity contribution in [3.63, 3.8) is 0 Å². The van der Waals surface area contributed by atoms with E-state index in [9.17, 15) is 9.59 Å². The highest BCUT2D eigenvalue weighted by Crippen LogP contribution is 2.13. The maximum Gasteiger partial charge on any atom is 0.303 e. The summed E-state index contributed by atoms with van der Waals surface area (Å²) in [5.41, 5.74) is 1.01. The molecule has 0 radical (unpaired) electrons. The molecule has 2 aromatic rings. The van der Waals surface area contributed by atoms with Crippen LogP contribution in [0.3, 0.4) is 0 Å². The summed E-state index contributed by atoms with van der Waals surface area (Å²) in [6.07, 6.45) is 0.846. The number of rotatable bonds is 5. The number of aromatic nitrogens is 3. The van der Waals surface area contributed by atoms with E-state index in [1.54, 1.807) is 19.2 Å². The van der Waals surface area contributed by atoms with Crippen LogP contribution in [0.15, 0.2) is 21.5 Å². The first-order valence-electron chi connectivity index (χ1n) is 6.20. The molecular formula is C13H15N3O4. The van der Waals surface area contributed by atoms with Crippen LogP contribution >= 0.6 is 0 Å². The number of carboxylic acid groups (broad SMARTS) is 1. The molecule has 20 heavy (non-hydrogen) atoms. The van der Waals surface area contributed by atoms with Crippen molar-refractivity contribution in [2.75, 3.05) is 0 Å². The molecule has 1 N–H and O–H groups in total. The van der Waals surface area contributed by atoms with Crippen LogP contribution in [-0.4, -0.2) is 25.8 Å². The van der Waals surface area contributed by atoms with Crippen molar-refractivity contribution in [2.45, 2.75) is 26.2 Å². The molecule has 0 saturated heterocycles. The van der Waals surface area contributed by atoms with Gasteiger partial charge in [-0.3, -0.25) is 9.59 Å². The fraction of sp³-hybridized carbons (Fsp3) is 0.385. The molecule has 0 amide bonds. The maximum absolute atomic E-state index is 12.1. The Hall–Kier alpha value is -2.44. The minimum absolute atomic E-state index is 0.0456. The molecular weight excluding hydrogens is 262 g/mol. The molecule has 7 nitrogen and oxygen atoms in total. The lowest BCUT2D eigenvalue weighted by Gasteiger charge is -2.03. The molecule has 0 fully saturated rings. The molecule has 0 saturated carbocycles. The first-order valence-corrected chi connectivity index (χ1v) is 6.20. The molecule has 106 valence electrons. The van der Waals surface area contributed by atoms with Gasteiger partial charge in [-0.2, -0.15) is 4.98 Å². The molecule has 0 aliphatic heterocycles. The van der Waals surface area contributed by atoms with Gasteiger partial charge in [-0.1, -0.05) is 5.16 Å². The van der Waals surface area contributed by atoms with Gasteiger partial charge in [0.2, 0.25) is 11.7 Å². The number of carbonyl (C=O) groups is 1. The van der Waals surface area contributed by atoms with Crippen LogP contribution in [0.1, 0.15) is 24.4 Å². The molecule has 0 spiro atoms. The van der Waals surface area contributed by atoms with Crippen LogP contribution in [0.2, 0.25) is 0 Å². The SMILES string of the molecule is Cc1ccc(-c2noc(CCCC(=O)O)n2)c(=O)n1C.